The van der Waals surface area contributed by atoms with Gasteiger partial charge in [0.2, 0.25) is 0 Å². The van der Waals surface area contributed by atoms with E-state index in [1.807, 2.05) is 0 Å². The molecule has 8 nitrogen and oxygen atoms in total. The number of carbonyl (C=O) groups is 2. The molecule has 294 valence electrons. The Kier molecular flexibility index (Phi) is 15.1. The summed E-state index contributed by atoms with van der Waals surface area (Å²) in [6.45, 7) is 1.14. The van der Waals surface area contributed by atoms with Gasteiger partial charge >= 0.3 is 0 Å². The Balaban J connectivity index is 1.35. The van der Waals surface area contributed by atoms with E-state index < -0.39 is 29.7 Å². The molecule has 5 aliphatic carbocycles. The molecule has 0 aromatic rings. The van der Waals surface area contributed by atoms with Crippen molar-refractivity contribution in [2.24, 2.45) is 70.8 Å². The van der Waals surface area contributed by atoms with E-state index in [-0.39, 0.29) is 60.8 Å². The average molecular weight is 725 g/mol. The lowest BCUT2D eigenvalue weighted by Crippen LogP contribution is -2.94. The number of hydrogen-bond donors (Lipinski definition) is 4. The number of aliphatic hydroxyl groups excluding tert-OH is 2. The Hall–Kier alpha value is -1.34. The standard InChI is InChI=1S/C44H71N2O6/c1-52-41-25-33-15-17-39(48)44(51)43(50)38-24-35(34(27-47)13-12-28-8-4-2-5-9-28)22-30(20-29-18-19-46-42(45)23-29)21-32(38)14-16-36(37(33)26-40(41)49)31-10-6-3-7-11-31/h28-38,40-42,44,46-47,49H,2-13,15,17-27,45H2,1H3/q-1/p+1/t29?,30-,32-,33?,34-,35+,36+,37?,38-,40?,41?,42?,44-/m0/s1. The minimum absolute atomic E-state index is 0.0845. The number of nitrogens with two attached hydrogens (primary N) is 2. The van der Waals surface area contributed by atoms with Crippen LogP contribution in [-0.2, 0) is 14.3 Å². The Bertz CT molecular complexity index is 1200. The normalized spacial score (nSPS) is 40.9. The molecule has 6 rings (SSSR count). The second kappa shape index (κ2) is 19.5. The molecule has 0 spiro atoms. The van der Waals surface area contributed by atoms with Crippen molar-refractivity contribution in [3.63, 3.8) is 0 Å². The first-order valence-electron chi connectivity index (χ1n) is 21.9. The largest absolute Gasteiger partial charge is 0.841 e. The summed E-state index contributed by atoms with van der Waals surface area (Å²) in [5.74, 6) is 8.41. The molecule has 1 saturated heterocycles. The summed E-state index contributed by atoms with van der Waals surface area (Å²) in [7, 11) is 1.64. The fourth-order valence-corrected chi connectivity index (χ4v) is 12.3. The minimum Gasteiger partial charge on any atom is -0.841 e. The van der Waals surface area contributed by atoms with Gasteiger partial charge in [-0.15, -0.1) is 0 Å². The first-order valence-corrected chi connectivity index (χ1v) is 21.9. The van der Waals surface area contributed by atoms with Crippen LogP contribution >= 0.6 is 0 Å². The molecule has 0 radical (unpaired) electrons. The molecular weight excluding hydrogens is 652 g/mol. The summed E-state index contributed by atoms with van der Waals surface area (Å²) in [6, 6.07) is 0. The van der Waals surface area contributed by atoms with Crippen molar-refractivity contribution in [1.29, 1.82) is 0 Å². The van der Waals surface area contributed by atoms with Gasteiger partial charge in [-0.2, -0.15) is 0 Å². The van der Waals surface area contributed by atoms with Crippen molar-refractivity contribution in [3.8, 4) is 11.8 Å². The van der Waals surface area contributed by atoms with Crippen molar-refractivity contribution >= 4 is 11.6 Å². The Morgan fingerprint density at radius 1 is 0.865 bits per heavy atom. The van der Waals surface area contributed by atoms with Crippen LogP contribution in [0.15, 0.2) is 0 Å². The smallest absolute Gasteiger partial charge is 0.137 e. The fourth-order valence-electron chi connectivity index (χ4n) is 12.3. The summed E-state index contributed by atoms with van der Waals surface area (Å²) in [6.07, 6.45) is 19.1. The second-order valence-corrected chi connectivity index (χ2v) is 18.6. The highest BCUT2D eigenvalue weighted by atomic mass is 16.5. The molecule has 6 N–H and O–H groups in total. The average Bonchev–Trinajstić information content (AvgIpc) is 3.33. The molecule has 0 aromatic carbocycles. The van der Waals surface area contributed by atoms with Crippen LogP contribution in [0, 0.1) is 76.9 Å². The third-order valence-corrected chi connectivity index (χ3v) is 15.3. The molecule has 1 heterocycles. The zero-order chi connectivity index (χ0) is 36.6. The summed E-state index contributed by atoms with van der Waals surface area (Å²) in [4.78, 5) is 28.1. The van der Waals surface area contributed by atoms with Crippen LogP contribution in [0.5, 0.6) is 0 Å². The molecule has 0 bridgehead atoms. The zero-order valence-corrected chi connectivity index (χ0v) is 32.3. The number of aliphatic hydroxyl groups is 2. The molecule has 0 aromatic heterocycles. The third kappa shape index (κ3) is 10.3. The van der Waals surface area contributed by atoms with E-state index in [1.54, 1.807) is 7.11 Å². The lowest BCUT2D eigenvalue weighted by molar-refractivity contribution is -0.699. The first kappa shape index (κ1) is 40.3. The van der Waals surface area contributed by atoms with Crippen LogP contribution in [0.4, 0.5) is 0 Å². The molecule has 0 amide bonds. The Morgan fingerprint density at radius 3 is 2.33 bits per heavy atom. The number of fused-ring (bicyclic) bond motifs is 2. The van der Waals surface area contributed by atoms with Crippen LogP contribution in [0.2, 0.25) is 0 Å². The molecule has 6 unspecified atom stereocenters. The van der Waals surface area contributed by atoms with Gasteiger partial charge in [-0.05, 0) is 124 Å². The molecule has 6 aliphatic rings. The number of ketones is 2. The second-order valence-electron chi connectivity index (χ2n) is 18.6. The number of ether oxygens (including phenoxy) is 1. The van der Waals surface area contributed by atoms with Gasteiger partial charge in [0.25, 0.3) is 0 Å². The van der Waals surface area contributed by atoms with Crippen molar-refractivity contribution in [2.45, 2.75) is 166 Å². The van der Waals surface area contributed by atoms with E-state index in [1.165, 1.54) is 51.4 Å². The quantitative estimate of drug-likeness (QED) is 0.202. The van der Waals surface area contributed by atoms with E-state index in [9.17, 15) is 24.9 Å². The fraction of sp³-hybridized carbons (Fsp3) is 0.909. The van der Waals surface area contributed by atoms with Crippen LogP contribution in [0.1, 0.15) is 141 Å². The number of carbonyl (C=O) groups excluding carboxylic acids is 2. The van der Waals surface area contributed by atoms with Gasteiger partial charge in [-0.25, -0.2) is 0 Å². The zero-order valence-electron chi connectivity index (χ0n) is 32.3. The predicted octanol–water partition coefficient (Wildman–Crippen LogP) is 4.52. The molecule has 52 heavy (non-hydrogen) atoms. The van der Waals surface area contributed by atoms with Crippen LogP contribution in [0.3, 0.4) is 0 Å². The topological polar surface area (TPSA) is 150 Å². The maximum absolute atomic E-state index is 14.4. The number of quaternary nitrogens is 1. The lowest BCUT2D eigenvalue weighted by atomic mass is 9.63. The first-order chi connectivity index (χ1) is 25.2. The van der Waals surface area contributed by atoms with Crippen LogP contribution in [0.25, 0.3) is 0 Å². The highest BCUT2D eigenvalue weighted by molar-refractivity contribution is 6.05. The molecule has 1 aliphatic heterocycles. The predicted molar refractivity (Wildman–Crippen MR) is 200 cm³/mol. The van der Waals surface area contributed by atoms with E-state index in [0.717, 1.165) is 64.3 Å². The van der Waals surface area contributed by atoms with E-state index in [4.69, 9.17) is 10.5 Å². The number of methoxy groups -OCH3 is 1. The van der Waals surface area contributed by atoms with Crippen molar-refractivity contribution in [2.75, 3.05) is 20.3 Å². The van der Waals surface area contributed by atoms with Crippen LogP contribution in [-0.4, -0.2) is 66.5 Å². The van der Waals surface area contributed by atoms with Crippen molar-refractivity contribution in [3.05, 3.63) is 0 Å². The van der Waals surface area contributed by atoms with Gasteiger partial charge in [0, 0.05) is 44.3 Å². The van der Waals surface area contributed by atoms with Crippen molar-refractivity contribution < 1.29 is 35.0 Å². The summed E-state index contributed by atoms with van der Waals surface area (Å²) in [5.41, 5.74) is 6.44. The number of rotatable bonds is 9. The molecule has 4 saturated carbocycles. The number of Topliss-reactive ketones (excluding diaryl/α,β-unsaturated/α-hetero) is 2. The minimum atomic E-state index is -1.88. The summed E-state index contributed by atoms with van der Waals surface area (Å²) >= 11 is 0. The van der Waals surface area contributed by atoms with Crippen LogP contribution < -0.4 is 16.2 Å². The summed E-state index contributed by atoms with van der Waals surface area (Å²) < 4.78 is 5.71. The molecule has 13 atom stereocenters. The molecule has 8 heteroatoms. The highest BCUT2D eigenvalue weighted by Crippen LogP contribution is 2.47. The monoisotopic (exact) mass is 725 g/mol. The van der Waals surface area contributed by atoms with Gasteiger partial charge in [0.05, 0.1) is 18.8 Å². The Labute approximate surface area is 314 Å². The SMILES string of the molecule is COC1CC2CCC(=O)[C@H]([O-])C(=O)[C@H]3C[C@H]([C@H](CO)CCC4CCCCC4)C[C@@H](CC4CC[NH2+]C(N)C4)C[C@@H]3C#C[C@H](C3CCCCC3)C2CC1O. The van der Waals surface area contributed by atoms with Gasteiger partial charge in [-0.1, -0.05) is 69.6 Å². The highest BCUT2D eigenvalue weighted by Gasteiger charge is 2.45. The van der Waals surface area contributed by atoms with Gasteiger partial charge in [0.1, 0.15) is 17.7 Å². The Morgan fingerprint density at radius 2 is 1.62 bits per heavy atom. The van der Waals surface area contributed by atoms with E-state index in [0.29, 0.717) is 49.4 Å². The van der Waals surface area contributed by atoms with Crippen molar-refractivity contribution in [1.82, 2.24) is 0 Å². The maximum Gasteiger partial charge on any atom is 0.137 e. The molecule has 5 fully saturated rings. The van der Waals surface area contributed by atoms with Gasteiger partial charge < -0.3 is 35.0 Å². The van der Waals surface area contributed by atoms with Gasteiger partial charge in [-0.3, -0.25) is 5.73 Å². The maximum atomic E-state index is 14.4. The number of piperidine rings is 1. The third-order valence-electron chi connectivity index (χ3n) is 15.3. The van der Waals surface area contributed by atoms with E-state index >= 15 is 0 Å². The number of hydrogen-bond acceptors (Lipinski definition) is 7. The van der Waals surface area contributed by atoms with E-state index in [2.05, 4.69) is 17.2 Å². The summed E-state index contributed by atoms with van der Waals surface area (Å²) in [5, 5.41) is 38.3. The van der Waals surface area contributed by atoms with Gasteiger partial charge in [0.15, 0.2) is 0 Å². The lowest BCUT2D eigenvalue weighted by Gasteiger charge is -2.44. The molecular formula is C44H72N2O6.